The Labute approximate surface area is 198 Å². The lowest BCUT2D eigenvalue weighted by atomic mass is 9.96. The fraction of sp³-hybridized carbons (Fsp3) is 0.333. The number of rotatable bonds is 6. The normalized spacial score (nSPS) is 15.9. The molecule has 174 valence electrons. The third-order valence-corrected chi connectivity index (χ3v) is 7.81. The molecule has 0 spiro atoms. The molecule has 0 radical (unpaired) electrons. The number of amides is 2. The van der Waals surface area contributed by atoms with Gasteiger partial charge in [0.15, 0.2) is 0 Å². The lowest BCUT2D eigenvalue weighted by Gasteiger charge is -2.36. The van der Waals surface area contributed by atoms with Crippen molar-refractivity contribution in [2.45, 2.75) is 44.9 Å². The van der Waals surface area contributed by atoms with Crippen LogP contribution in [0.15, 0.2) is 47.2 Å². The van der Waals surface area contributed by atoms with Crippen molar-refractivity contribution in [3.63, 3.8) is 0 Å². The van der Waals surface area contributed by atoms with Gasteiger partial charge in [-0.15, -0.1) is 22.7 Å². The van der Waals surface area contributed by atoms with Gasteiger partial charge in [-0.05, 0) is 65.1 Å². The van der Waals surface area contributed by atoms with Crippen molar-refractivity contribution in [2.24, 2.45) is 0 Å². The van der Waals surface area contributed by atoms with Crippen molar-refractivity contribution in [2.75, 3.05) is 6.54 Å². The monoisotopic (exact) mass is 492 g/mol. The van der Waals surface area contributed by atoms with E-state index in [1.807, 2.05) is 23.3 Å². The molecule has 4 rings (SSSR count). The molecule has 2 aromatic heterocycles. The second-order valence-corrected chi connectivity index (χ2v) is 9.93. The number of nitrogens with one attached hydrogen (secondary N) is 1. The van der Waals surface area contributed by atoms with Crippen LogP contribution in [-0.4, -0.2) is 23.3 Å². The molecule has 4 nitrogen and oxygen atoms in total. The van der Waals surface area contributed by atoms with Crippen LogP contribution in [0, 0.1) is 6.92 Å². The minimum atomic E-state index is -4.43. The van der Waals surface area contributed by atoms with Gasteiger partial charge >= 0.3 is 6.18 Å². The highest BCUT2D eigenvalue weighted by molar-refractivity contribution is 7.10. The molecule has 0 saturated heterocycles. The zero-order valence-corrected chi connectivity index (χ0v) is 19.6. The first kappa shape index (κ1) is 23.5. The van der Waals surface area contributed by atoms with Crippen molar-refractivity contribution < 1.29 is 22.8 Å². The van der Waals surface area contributed by atoms with E-state index in [-0.39, 0.29) is 37.2 Å². The lowest BCUT2D eigenvalue weighted by Crippen LogP contribution is -2.40. The Hall–Kier alpha value is -2.65. The highest BCUT2D eigenvalue weighted by atomic mass is 32.1. The molecule has 1 aromatic carbocycles. The fourth-order valence-electron chi connectivity index (χ4n) is 4.04. The summed E-state index contributed by atoms with van der Waals surface area (Å²) in [6.45, 7) is 2.62. The van der Waals surface area contributed by atoms with Crippen LogP contribution in [0.3, 0.4) is 0 Å². The standard InChI is InChI=1S/C24H23F3N2O2S2/c1-15-8-11-33-23(15)22-18-9-12-32-19(18)7-10-29(22)21(31)6-5-20(30)28-14-16-3-2-4-17(13-16)24(25,26)27/h2-4,8-9,11-13,22H,5-7,10,14H2,1H3,(H,28,30). The van der Waals surface area contributed by atoms with Crippen molar-refractivity contribution in [1.82, 2.24) is 10.2 Å². The first-order chi connectivity index (χ1) is 15.7. The number of nitrogens with zero attached hydrogens (tertiary/aromatic N) is 1. The largest absolute Gasteiger partial charge is 0.416 e. The van der Waals surface area contributed by atoms with Crippen molar-refractivity contribution in [3.05, 3.63) is 79.2 Å². The maximum Gasteiger partial charge on any atom is 0.416 e. The predicted molar refractivity (Wildman–Crippen MR) is 123 cm³/mol. The molecule has 1 unspecified atom stereocenters. The van der Waals surface area contributed by atoms with Crippen LogP contribution in [-0.2, 0) is 28.7 Å². The highest BCUT2D eigenvalue weighted by Crippen LogP contribution is 2.41. The van der Waals surface area contributed by atoms with Gasteiger partial charge in [-0.2, -0.15) is 13.2 Å². The van der Waals surface area contributed by atoms with E-state index >= 15 is 0 Å². The Morgan fingerprint density at radius 2 is 1.91 bits per heavy atom. The molecule has 3 aromatic rings. The number of carbonyl (C=O) groups excluding carboxylic acids is 2. The second-order valence-electron chi connectivity index (χ2n) is 7.98. The number of fused-ring (bicyclic) bond motifs is 1. The van der Waals surface area contributed by atoms with Crippen LogP contribution in [0.1, 0.15) is 50.9 Å². The number of thiophene rings is 2. The molecule has 9 heteroatoms. The summed E-state index contributed by atoms with van der Waals surface area (Å²) in [4.78, 5) is 29.7. The third kappa shape index (κ3) is 5.30. The van der Waals surface area contributed by atoms with E-state index in [9.17, 15) is 22.8 Å². The molecule has 33 heavy (non-hydrogen) atoms. The summed E-state index contributed by atoms with van der Waals surface area (Å²) in [6.07, 6.45) is -3.60. The molecule has 1 atom stereocenters. The number of hydrogen-bond acceptors (Lipinski definition) is 4. The first-order valence-electron chi connectivity index (χ1n) is 10.6. The topological polar surface area (TPSA) is 49.4 Å². The summed E-state index contributed by atoms with van der Waals surface area (Å²) < 4.78 is 38.6. The van der Waals surface area contributed by atoms with E-state index < -0.39 is 11.7 Å². The highest BCUT2D eigenvalue weighted by Gasteiger charge is 2.34. The lowest BCUT2D eigenvalue weighted by molar-refractivity contribution is -0.137. The van der Waals surface area contributed by atoms with Crippen molar-refractivity contribution in [3.8, 4) is 0 Å². The van der Waals surface area contributed by atoms with Crippen LogP contribution in [0.2, 0.25) is 0 Å². The quantitative estimate of drug-likeness (QED) is 0.479. The summed E-state index contributed by atoms with van der Waals surface area (Å²) in [6, 6.07) is 8.84. The number of hydrogen-bond donors (Lipinski definition) is 1. The Morgan fingerprint density at radius 1 is 1.12 bits per heavy atom. The summed E-state index contributed by atoms with van der Waals surface area (Å²) in [7, 11) is 0. The molecular formula is C24H23F3N2O2S2. The average Bonchev–Trinajstić information content (AvgIpc) is 3.43. The Balaban J connectivity index is 1.37. The van der Waals surface area contributed by atoms with Crippen LogP contribution in [0.25, 0.3) is 0 Å². The van der Waals surface area contributed by atoms with Gasteiger partial charge in [0, 0.05) is 35.7 Å². The number of alkyl halides is 3. The van der Waals surface area contributed by atoms with Gasteiger partial charge in [0.2, 0.25) is 11.8 Å². The molecular weight excluding hydrogens is 469 g/mol. The molecule has 0 aliphatic carbocycles. The number of carbonyl (C=O) groups is 2. The summed E-state index contributed by atoms with van der Waals surface area (Å²) in [5.41, 5.74) is 1.90. The van der Waals surface area contributed by atoms with Crippen LogP contribution < -0.4 is 5.32 Å². The molecule has 0 saturated carbocycles. The van der Waals surface area contributed by atoms with Gasteiger partial charge in [0.05, 0.1) is 11.6 Å². The average molecular weight is 493 g/mol. The summed E-state index contributed by atoms with van der Waals surface area (Å²) in [5.74, 6) is -0.461. The molecule has 1 aliphatic rings. The van der Waals surface area contributed by atoms with E-state index in [4.69, 9.17) is 0 Å². The third-order valence-electron chi connectivity index (χ3n) is 5.75. The smallest absolute Gasteiger partial charge is 0.352 e. The van der Waals surface area contributed by atoms with Crippen LogP contribution in [0.4, 0.5) is 13.2 Å². The van der Waals surface area contributed by atoms with Gasteiger partial charge in [-0.1, -0.05) is 12.1 Å². The van der Waals surface area contributed by atoms with Gasteiger partial charge in [0.1, 0.15) is 0 Å². The zero-order chi connectivity index (χ0) is 23.6. The van der Waals surface area contributed by atoms with Gasteiger partial charge in [-0.25, -0.2) is 0 Å². The maximum absolute atomic E-state index is 13.1. The SMILES string of the molecule is Cc1ccsc1C1c2ccsc2CCN1C(=O)CCC(=O)NCc1cccc(C(F)(F)F)c1. The minimum Gasteiger partial charge on any atom is -0.352 e. The van der Waals surface area contributed by atoms with Gasteiger partial charge in [0.25, 0.3) is 0 Å². The van der Waals surface area contributed by atoms with Crippen molar-refractivity contribution in [1.29, 1.82) is 0 Å². The van der Waals surface area contributed by atoms with Gasteiger partial charge in [-0.3, -0.25) is 9.59 Å². The van der Waals surface area contributed by atoms with Crippen LogP contribution in [0.5, 0.6) is 0 Å². The second kappa shape index (κ2) is 9.69. The van der Waals surface area contributed by atoms with E-state index in [1.54, 1.807) is 22.7 Å². The Morgan fingerprint density at radius 3 is 2.64 bits per heavy atom. The molecule has 1 aliphatic heterocycles. The van der Waals surface area contributed by atoms with Gasteiger partial charge < -0.3 is 10.2 Å². The Bertz CT molecular complexity index is 1150. The summed E-state index contributed by atoms with van der Waals surface area (Å²) >= 11 is 3.33. The minimum absolute atomic E-state index is 0.0130. The van der Waals surface area contributed by atoms with E-state index in [1.165, 1.54) is 17.0 Å². The van der Waals surface area contributed by atoms with E-state index in [0.29, 0.717) is 12.1 Å². The predicted octanol–water partition coefficient (Wildman–Crippen LogP) is 5.71. The van der Waals surface area contributed by atoms with Crippen LogP contribution >= 0.6 is 22.7 Å². The molecule has 3 heterocycles. The number of benzene rings is 1. The molecule has 0 bridgehead atoms. The Kier molecular flexibility index (Phi) is 6.90. The maximum atomic E-state index is 13.1. The summed E-state index contributed by atoms with van der Waals surface area (Å²) in [5, 5.41) is 6.70. The molecule has 2 amide bonds. The van der Waals surface area contributed by atoms with E-state index in [2.05, 4.69) is 16.8 Å². The molecule has 1 N–H and O–H groups in total. The fourth-order valence-corrected chi connectivity index (χ4v) is 6.00. The van der Waals surface area contributed by atoms with E-state index in [0.717, 1.165) is 34.6 Å². The zero-order valence-electron chi connectivity index (χ0n) is 17.9. The van der Waals surface area contributed by atoms with Crippen molar-refractivity contribution >= 4 is 34.5 Å². The number of aryl methyl sites for hydroxylation is 1. The first-order valence-corrected chi connectivity index (χ1v) is 12.3. The number of halogens is 3. The molecule has 0 fully saturated rings.